The summed E-state index contributed by atoms with van der Waals surface area (Å²) in [7, 11) is 0. The van der Waals surface area contributed by atoms with Crippen LogP contribution in [0.2, 0.25) is 0 Å². The maximum Gasteiger partial charge on any atom is 0.418 e. The fourth-order valence-corrected chi connectivity index (χ4v) is 0.952. The Morgan fingerprint density at radius 3 is 2.69 bits per heavy atom. The summed E-state index contributed by atoms with van der Waals surface area (Å²) in [6.45, 7) is 0.0302. The van der Waals surface area contributed by atoms with Crippen molar-refractivity contribution in [3.05, 3.63) is 11.6 Å². The molecule has 0 amide bonds. The summed E-state index contributed by atoms with van der Waals surface area (Å²) in [6, 6.07) is 0.631. The van der Waals surface area contributed by atoms with Crippen LogP contribution in [0.4, 0.5) is 13.2 Å². The molecule has 13 heavy (non-hydrogen) atoms. The van der Waals surface area contributed by atoms with Crippen molar-refractivity contribution in [2.24, 2.45) is 10.7 Å². The van der Waals surface area contributed by atoms with E-state index in [0.29, 0.717) is 0 Å². The molecular formula is C7H6F3N3. The number of dihydropyridines is 1. The molecule has 0 radical (unpaired) electrons. The largest absolute Gasteiger partial charge is 0.418 e. The summed E-state index contributed by atoms with van der Waals surface area (Å²) in [5.74, 6) is 0. The summed E-state index contributed by atoms with van der Waals surface area (Å²) in [5.41, 5.74) is 3.62. The Balaban J connectivity index is 3.05. The van der Waals surface area contributed by atoms with Crippen molar-refractivity contribution in [2.45, 2.75) is 12.2 Å². The minimum atomic E-state index is -4.55. The van der Waals surface area contributed by atoms with Gasteiger partial charge >= 0.3 is 6.18 Å². The molecule has 0 saturated heterocycles. The van der Waals surface area contributed by atoms with E-state index < -0.39 is 23.5 Å². The van der Waals surface area contributed by atoms with E-state index >= 15 is 0 Å². The minimum Gasteiger partial charge on any atom is -0.323 e. The number of nitrogens with two attached hydrogens (primary N) is 1. The zero-order valence-corrected chi connectivity index (χ0v) is 6.47. The van der Waals surface area contributed by atoms with Gasteiger partial charge in [-0.3, -0.25) is 4.99 Å². The number of rotatable bonds is 0. The van der Waals surface area contributed by atoms with Crippen molar-refractivity contribution in [1.29, 1.82) is 5.26 Å². The van der Waals surface area contributed by atoms with E-state index in [9.17, 15) is 13.2 Å². The molecule has 2 N–H and O–H groups in total. The van der Waals surface area contributed by atoms with Gasteiger partial charge < -0.3 is 5.73 Å². The van der Waals surface area contributed by atoms with E-state index in [0.717, 1.165) is 6.08 Å². The Labute approximate surface area is 72.4 Å². The van der Waals surface area contributed by atoms with Gasteiger partial charge in [0.2, 0.25) is 0 Å². The van der Waals surface area contributed by atoms with Crippen LogP contribution in [0.1, 0.15) is 0 Å². The maximum absolute atomic E-state index is 12.2. The van der Waals surface area contributed by atoms with Gasteiger partial charge in [0.1, 0.15) is 11.8 Å². The van der Waals surface area contributed by atoms with Crippen LogP contribution in [0.25, 0.3) is 0 Å². The first kappa shape index (κ1) is 9.74. The molecule has 70 valence electrons. The number of allylic oxidation sites excluding steroid dienone is 1. The second-order valence-electron chi connectivity index (χ2n) is 2.54. The lowest BCUT2D eigenvalue weighted by molar-refractivity contribution is -0.0864. The summed E-state index contributed by atoms with van der Waals surface area (Å²) in [6.07, 6.45) is -3.72. The fraction of sp³-hybridized carbons (Fsp3) is 0.429. The fourth-order valence-electron chi connectivity index (χ4n) is 0.952. The monoisotopic (exact) mass is 189 g/mol. The zero-order chi connectivity index (χ0) is 10.1. The molecule has 0 aromatic rings. The summed E-state index contributed by atoms with van der Waals surface area (Å²) >= 11 is 0. The SMILES string of the molecule is N#CC1=NCC(N)C=C1C(F)(F)F. The van der Waals surface area contributed by atoms with Crippen LogP contribution < -0.4 is 5.73 Å². The van der Waals surface area contributed by atoms with Gasteiger partial charge in [-0.15, -0.1) is 0 Å². The molecule has 1 aliphatic heterocycles. The van der Waals surface area contributed by atoms with Gasteiger partial charge in [0, 0.05) is 6.04 Å². The minimum absolute atomic E-state index is 0.0302. The first-order chi connectivity index (χ1) is 5.95. The predicted molar refractivity (Wildman–Crippen MR) is 40.0 cm³/mol. The molecule has 1 aliphatic rings. The number of nitriles is 1. The van der Waals surface area contributed by atoms with Crippen LogP contribution in [-0.2, 0) is 0 Å². The molecule has 0 spiro atoms. The molecule has 0 fully saturated rings. The molecule has 1 atom stereocenters. The van der Waals surface area contributed by atoms with Crippen molar-refractivity contribution in [3.63, 3.8) is 0 Å². The van der Waals surface area contributed by atoms with Crippen molar-refractivity contribution in [1.82, 2.24) is 0 Å². The molecule has 0 saturated carbocycles. The highest BCUT2D eigenvalue weighted by molar-refractivity contribution is 6.12. The Bertz CT molecular complexity index is 308. The van der Waals surface area contributed by atoms with Gasteiger partial charge in [-0.25, -0.2) is 0 Å². The zero-order valence-electron chi connectivity index (χ0n) is 6.47. The number of halogens is 3. The van der Waals surface area contributed by atoms with Crippen molar-refractivity contribution in [3.8, 4) is 6.07 Å². The van der Waals surface area contributed by atoms with Gasteiger partial charge in [0.25, 0.3) is 0 Å². The lowest BCUT2D eigenvalue weighted by atomic mass is 10.0. The third-order valence-electron chi connectivity index (χ3n) is 1.51. The highest BCUT2D eigenvalue weighted by Gasteiger charge is 2.38. The predicted octanol–water partition coefficient (Wildman–Crippen LogP) is 0.781. The molecule has 1 rings (SSSR count). The van der Waals surface area contributed by atoms with Crippen LogP contribution in [0, 0.1) is 11.3 Å². The van der Waals surface area contributed by atoms with Crippen molar-refractivity contribution < 1.29 is 13.2 Å². The normalized spacial score (nSPS) is 23.2. The number of hydrogen-bond donors (Lipinski definition) is 1. The second kappa shape index (κ2) is 3.18. The topological polar surface area (TPSA) is 62.2 Å². The van der Waals surface area contributed by atoms with Crippen LogP contribution in [0.5, 0.6) is 0 Å². The lowest BCUT2D eigenvalue weighted by Crippen LogP contribution is -2.31. The van der Waals surface area contributed by atoms with Crippen molar-refractivity contribution >= 4 is 5.71 Å². The number of nitrogens with zero attached hydrogens (tertiary/aromatic N) is 2. The smallest absolute Gasteiger partial charge is 0.323 e. The van der Waals surface area contributed by atoms with Crippen LogP contribution >= 0.6 is 0 Å². The average molecular weight is 189 g/mol. The highest BCUT2D eigenvalue weighted by atomic mass is 19.4. The molecule has 0 aliphatic carbocycles. The molecule has 1 heterocycles. The standard InChI is InChI=1S/C7H6F3N3/c8-7(9,10)5-1-4(12)3-13-6(5)2-11/h1,4H,3,12H2. The van der Waals surface area contributed by atoms with Gasteiger partial charge in [0.15, 0.2) is 0 Å². The second-order valence-corrected chi connectivity index (χ2v) is 2.54. The number of aliphatic imine (C=N–C) groups is 1. The average Bonchev–Trinajstić information content (AvgIpc) is 2.03. The van der Waals surface area contributed by atoms with E-state index in [4.69, 9.17) is 11.0 Å². The molecule has 0 aromatic carbocycles. The molecule has 1 unspecified atom stereocenters. The summed E-state index contributed by atoms with van der Waals surface area (Å²) in [5, 5.41) is 8.35. The number of hydrogen-bond acceptors (Lipinski definition) is 3. The molecule has 0 bridgehead atoms. The molecule has 0 aromatic heterocycles. The first-order valence-corrected chi connectivity index (χ1v) is 3.44. The maximum atomic E-state index is 12.2. The molecular weight excluding hydrogens is 183 g/mol. The van der Waals surface area contributed by atoms with E-state index in [1.54, 1.807) is 0 Å². The Morgan fingerprint density at radius 2 is 2.23 bits per heavy atom. The van der Waals surface area contributed by atoms with Crippen molar-refractivity contribution in [2.75, 3.05) is 6.54 Å². The summed E-state index contributed by atoms with van der Waals surface area (Å²) in [4.78, 5) is 3.42. The molecule has 6 heteroatoms. The Hall–Kier alpha value is -1.35. The van der Waals surface area contributed by atoms with E-state index in [-0.39, 0.29) is 6.54 Å². The van der Waals surface area contributed by atoms with Crippen LogP contribution in [-0.4, -0.2) is 24.5 Å². The van der Waals surface area contributed by atoms with E-state index in [1.165, 1.54) is 6.07 Å². The first-order valence-electron chi connectivity index (χ1n) is 3.44. The van der Waals surface area contributed by atoms with E-state index in [1.807, 2.05) is 0 Å². The Kier molecular flexibility index (Phi) is 2.38. The van der Waals surface area contributed by atoms with Gasteiger partial charge in [-0.05, 0) is 0 Å². The van der Waals surface area contributed by atoms with Gasteiger partial charge in [-0.1, -0.05) is 6.08 Å². The molecule has 3 nitrogen and oxygen atoms in total. The van der Waals surface area contributed by atoms with Gasteiger partial charge in [0.05, 0.1) is 12.1 Å². The Morgan fingerprint density at radius 1 is 1.62 bits per heavy atom. The lowest BCUT2D eigenvalue weighted by Gasteiger charge is -2.16. The third kappa shape index (κ3) is 2.06. The van der Waals surface area contributed by atoms with Gasteiger partial charge in [-0.2, -0.15) is 18.4 Å². The quantitative estimate of drug-likeness (QED) is 0.612. The third-order valence-corrected chi connectivity index (χ3v) is 1.51. The van der Waals surface area contributed by atoms with Crippen LogP contribution in [0.15, 0.2) is 16.6 Å². The number of alkyl halides is 3. The van der Waals surface area contributed by atoms with E-state index in [2.05, 4.69) is 4.99 Å². The summed E-state index contributed by atoms with van der Waals surface area (Å²) < 4.78 is 36.6. The highest BCUT2D eigenvalue weighted by Crippen LogP contribution is 2.28. The van der Waals surface area contributed by atoms with Crippen LogP contribution in [0.3, 0.4) is 0 Å².